The van der Waals surface area contributed by atoms with Crippen LogP contribution in [0, 0.1) is 20.8 Å². The predicted molar refractivity (Wildman–Crippen MR) is 84.7 cm³/mol. The third-order valence-corrected chi connectivity index (χ3v) is 3.14. The molecule has 0 saturated heterocycles. The van der Waals surface area contributed by atoms with Crippen molar-refractivity contribution in [3.8, 4) is 0 Å². The highest BCUT2D eigenvalue weighted by Crippen LogP contribution is 2.25. The standard InChI is InChI=1S/C17H23NO4/c1-6-8-22-17(20)18-15(16(19)21-7-2)14-12(4)9-11(3)10-13(14)5/h6,9-10,15H,1,7-8H2,2-5H3,(H,18,20). The molecule has 0 bridgehead atoms. The molecular weight excluding hydrogens is 282 g/mol. The first-order valence-corrected chi connectivity index (χ1v) is 7.19. The van der Waals surface area contributed by atoms with Crippen LogP contribution in [0.2, 0.25) is 0 Å². The minimum absolute atomic E-state index is 0.0766. The van der Waals surface area contributed by atoms with Gasteiger partial charge in [0.05, 0.1) is 6.61 Å². The molecule has 1 rings (SSSR count). The highest BCUT2D eigenvalue weighted by Gasteiger charge is 2.27. The van der Waals surface area contributed by atoms with Crippen LogP contribution < -0.4 is 5.32 Å². The third-order valence-electron chi connectivity index (χ3n) is 3.14. The van der Waals surface area contributed by atoms with Gasteiger partial charge in [0.15, 0.2) is 6.04 Å². The normalized spacial score (nSPS) is 11.5. The topological polar surface area (TPSA) is 64.6 Å². The Balaban J connectivity index is 3.13. The Labute approximate surface area is 131 Å². The van der Waals surface area contributed by atoms with Gasteiger partial charge in [-0.25, -0.2) is 9.59 Å². The molecule has 0 aliphatic rings. The first-order chi connectivity index (χ1) is 10.4. The van der Waals surface area contributed by atoms with Gasteiger partial charge in [0.25, 0.3) is 0 Å². The molecule has 1 unspecified atom stereocenters. The van der Waals surface area contributed by atoms with Crippen molar-refractivity contribution < 1.29 is 19.1 Å². The summed E-state index contributed by atoms with van der Waals surface area (Å²) in [6.45, 7) is 11.3. The maximum Gasteiger partial charge on any atom is 0.408 e. The zero-order valence-corrected chi connectivity index (χ0v) is 13.6. The van der Waals surface area contributed by atoms with Crippen molar-refractivity contribution in [2.24, 2.45) is 0 Å². The summed E-state index contributed by atoms with van der Waals surface area (Å²) in [5.41, 5.74) is 3.66. The predicted octanol–water partition coefficient (Wildman–Crippen LogP) is 3.13. The number of benzene rings is 1. The van der Waals surface area contributed by atoms with Gasteiger partial charge in [-0.05, 0) is 44.4 Å². The second-order valence-corrected chi connectivity index (χ2v) is 5.03. The van der Waals surface area contributed by atoms with Crippen LogP contribution in [0.25, 0.3) is 0 Å². The number of hydrogen-bond donors (Lipinski definition) is 1. The summed E-state index contributed by atoms with van der Waals surface area (Å²) < 4.78 is 9.97. The lowest BCUT2D eigenvalue weighted by atomic mass is 9.94. The van der Waals surface area contributed by atoms with E-state index in [9.17, 15) is 9.59 Å². The molecule has 1 aromatic rings. The Kier molecular flexibility index (Phi) is 6.63. The molecule has 0 radical (unpaired) electrons. The van der Waals surface area contributed by atoms with Gasteiger partial charge in [-0.2, -0.15) is 0 Å². The number of alkyl carbamates (subject to hydrolysis) is 1. The molecule has 0 aliphatic heterocycles. The van der Waals surface area contributed by atoms with Crippen LogP contribution in [0.1, 0.15) is 35.2 Å². The van der Waals surface area contributed by atoms with Crippen LogP contribution in [-0.4, -0.2) is 25.3 Å². The van der Waals surface area contributed by atoms with Gasteiger partial charge in [0.1, 0.15) is 6.61 Å². The lowest BCUT2D eigenvalue weighted by Crippen LogP contribution is -2.36. The van der Waals surface area contributed by atoms with E-state index in [0.717, 1.165) is 22.3 Å². The SMILES string of the molecule is C=CCOC(=O)NC(C(=O)OCC)c1c(C)cc(C)cc1C. The van der Waals surface area contributed by atoms with Crippen molar-refractivity contribution in [2.45, 2.75) is 33.7 Å². The number of amides is 1. The van der Waals surface area contributed by atoms with E-state index in [1.54, 1.807) is 6.92 Å². The summed E-state index contributed by atoms with van der Waals surface area (Å²) in [4.78, 5) is 24.0. The molecule has 0 fully saturated rings. The zero-order chi connectivity index (χ0) is 16.7. The molecule has 5 nitrogen and oxygen atoms in total. The quantitative estimate of drug-likeness (QED) is 0.648. The zero-order valence-electron chi connectivity index (χ0n) is 13.6. The number of esters is 1. The number of aryl methyl sites for hydroxylation is 3. The molecule has 0 heterocycles. The fraction of sp³-hybridized carbons (Fsp3) is 0.412. The summed E-state index contributed by atoms with van der Waals surface area (Å²) >= 11 is 0. The summed E-state index contributed by atoms with van der Waals surface area (Å²) in [5.74, 6) is -0.506. The molecule has 22 heavy (non-hydrogen) atoms. The van der Waals surface area contributed by atoms with Crippen LogP contribution in [-0.2, 0) is 14.3 Å². The number of ether oxygens (including phenoxy) is 2. The Morgan fingerprint density at radius 3 is 2.32 bits per heavy atom. The second-order valence-electron chi connectivity index (χ2n) is 5.03. The summed E-state index contributed by atoms with van der Waals surface area (Å²) in [7, 11) is 0. The van der Waals surface area contributed by atoms with Crippen molar-refractivity contribution >= 4 is 12.1 Å². The number of hydrogen-bond acceptors (Lipinski definition) is 4. The average molecular weight is 305 g/mol. The summed E-state index contributed by atoms with van der Waals surface area (Å²) in [5, 5.41) is 2.57. The van der Waals surface area contributed by atoms with E-state index in [4.69, 9.17) is 9.47 Å². The van der Waals surface area contributed by atoms with E-state index in [-0.39, 0.29) is 13.2 Å². The molecule has 5 heteroatoms. The molecule has 0 spiro atoms. The van der Waals surface area contributed by atoms with Crippen LogP contribution in [0.15, 0.2) is 24.8 Å². The third kappa shape index (κ3) is 4.62. The average Bonchev–Trinajstić information content (AvgIpc) is 2.43. The maximum atomic E-state index is 12.2. The van der Waals surface area contributed by atoms with E-state index in [2.05, 4.69) is 11.9 Å². The number of nitrogens with one attached hydrogen (secondary N) is 1. The van der Waals surface area contributed by atoms with E-state index < -0.39 is 18.1 Å². The van der Waals surface area contributed by atoms with Crippen LogP contribution >= 0.6 is 0 Å². The lowest BCUT2D eigenvalue weighted by molar-refractivity contribution is -0.145. The van der Waals surface area contributed by atoms with Gasteiger partial charge < -0.3 is 14.8 Å². The molecule has 0 aromatic heterocycles. The first-order valence-electron chi connectivity index (χ1n) is 7.19. The molecular formula is C17H23NO4. The van der Waals surface area contributed by atoms with Gasteiger partial charge >= 0.3 is 12.1 Å². The van der Waals surface area contributed by atoms with Crippen LogP contribution in [0.5, 0.6) is 0 Å². The Bertz CT molecular complexity index is 543. The Hall–Kier alpha value is -2.30. The van der Waals surface area contributed by atoms with Crippen molar-refractivity contribution in [2.75, 3.05) is 13.2 Å². The van der Waals surface area contributed by atoms with E-state index in [1.807, 2.05) is 32.9 Å². The van der Waals surface area contributed by atoms with Crippen LogP contribution in [0.4, 0.5) is 4.79 Å². The van der Waals surface area contributed by atoms with Gasteiger partial charge in [-0.1, -0.05) is 30.4 Å². The van der Waals surface area contributed by atoms with Gasteiger partial charge in [-0.15, -0.1) is 0 Å². The van der Waals surface area contributed by atoms with Gasteiger partial charge in [0, 0.05) is 0 Å². The van der Waals surface area contributed by atoms with E-state index in [0.29, 0.717) is 0 Å². The minimum Gasteiger partial charge on any atom is -0.464 e. The van der Waals surface area contributed by atoms with Crippen molar-refractivity contribution in [3.05, 3.63) is 47.0 Å². The Morgan fingerprint density at radius 1 is 1.23 bits per heavy atom. The Morgan fingerprint density at radius 2 is 1.82 bits per heavy atom. The van der Waals surface area contributed by atoms with Crippen molar-refractivity contribution in [1.29, 1.82) is 0 Å². The summed E-state index contributed by atoms with van der Waals surface area (Å²) in [6, 6.07) is 3.04. The van der Waals surface area contributed by atoms with Gasteiger partial charge in [-0.3, -0.25) is 0 Å². The van der Waals surface area contributed by atoms with E-state index >= 15 is 0 Å². The molecule has 0 aliphatic carbocycles. The van der Waals surface area contributed by atoms with Crippen molar-refractivity contribution in [3.63, 3.8) is 0 Å². The molecule has 1 aromatic carbocycles. The van der Waals surface area contributed by atoms with E-state index in [1.165, 1.54) is 6.08 Å². The summed E-state index contributed by atoms with van der Waals surface area (Å²) in [6.07, 6.45) is 0.777. The first kappa shape index (κ1) is 17.8. The smallest absolute Gasteiger partial charge is 0.408 e. The number of rotatable bonds is 6. The molecule has 1 N–H and O–H groups in total. The van der Waals surface area contributed by atoms with Gasteiger partial charge in [0.2, 0.25) is 0 Å². The molecule has 120 valence electrons. The second kappa shape index (κ2) is 8.22. The molecule has 1 amide bonds. The number of carbonyl (C=O) groups excluding carboxylic acids is 2. The molecule has 0 saturated carbocycles. The maximum absolute atomic E-state index is 12.2. The van der Waals surface area contributed by atoms with Crippen molar-refractivity contribution in [1.82, 2.24) is 5.32 Å². The molecule has 1 atom stereocenters. The fourth-order valence-corrected chi connectivity index (χ4v) is 2.42. The van der Waals surface area contributed by atoms with Crippen LogP contribution in [0.3, 0.4) is 0 Å². The lowest BCUT2D eigenvalue weighted by Gasteiger charge is -2.21. The monoisotopic (exact) mass is 305 g/mol. The highest BCUT2D eigenvalue weighted by atomic mass is 16.6. The fourth-order valence-electron chi connectivity index (χ4n) is 2.42. The minimum atomic E-state index is -0.891. The number of carbonyl (C=O) groups is 2. The highest BCUT2D eigenvalue weighted by molar-refractivity contribution is 5.83. The largest absolute Gasteiger partial charge is 0.464 e.